The van der Waals surface area contributed by atoms with Crippen molar-refractivity contribution in [2.24, 2.45) is 5.10 Å². The van der Waals surface area contributed by atoms with Crippen LogP contribution in [-0.4, -0.2) is 32.5 Å². The molecule has 4 aromatic rings. The molecule has 0 saturated heterocycles. The summed E-state index contributed by atoms with van der Waals surface area (Å²) in [7, 11) is 0. The average Bonchev–Trinajstić information content (AvgIpc) is 2.82. The molecule has 7 nitrogen and oxygen atoms in total. The van der Waals surface area contributed by atoms with Gasteiger partial charge in [-0.1, -0.05) is 55.8 Å². The second kappa shape index (κ2) is 10.9. The Morgan fingerprint density at radius 1 is 1.09 bits per heavy atom. The molecule has 172 valence electrons. The highest BCUT2D eigenvalue weighted by Gasteiger charge is 2.15. The minimum absolute atomic E-state index is 0.00875. The summed E-state index contributed by atoms with van der Waals surface area (Å²) < 4.78 is 3.62. The Labute approximate surface area is 223 Å². The number of amides is 1. The zero-order valence-corrected chi connectivity index (χ0v) is 22.8. The van der Waals surface area contributed by atoms with Crippen LogP contribution in [0.2, 0.25) is 0 Å². The van der Waals surface area contributed by atoms with Gasteiger partial charge in [-0.15, -0.1) is 0 Å². The van der Waals surface area contributed by atoms with Gasteiger partial charge in [0.25, 0.3) is 11.5 Å². The van der Waals surface area contributed by atoms with Gasteiger partial charge >= 0.3 is 0 Å². The normalized spacial score (nSPS) is 11.3. The third-order valence-corrected chi connectivity index (χ3v) is 7.14. The quantitative estimate of drug-likeness (QED) is 0.121. The van der Waals surface area contributed by atoms with Gasteiger partial charge in [0.05, 0.1) is 33.0 Å². The lowest BCUT2D eigenvalue weighted by Crippen LogP contribution is -2.24. The number of hydrazone groups is 1. The molecule has 3 aromatic carbocycles. The molecule has 1 amide bonds. The van der Waals surface area contributed by atoms with E-state index >= 15 is 0 Å². The van der Waals surface area contributed by atoms with Crippen molar-refractivity contribution >= 4 is 82.6 Å². The Morgan fingerprint density at radius 2 is 1.82 bits per heavy atom. The van der Waals surface area contributed by atoms with Crippen molar-refractivity contribution in [2.75, 3.05) is 5.75 Å². The average molecular weight is 667 g/mol. The fourth-order valence-electron chi connectivity index (χ4n) is 3.05. The van der Waals surface area contributed by atoms with E-state index in [2.05, 4.69) is 63.3 Å². The largest absolute Gasteiger partial charge is 0.506 e. The first-order valence-electron chi connectivity index (χ1n) is 9.74. The molecule has 1 heterocycles. The van der Waals surface area contributed by atoms with E-state index in [1.807, 2.05) is 18.2 Å². The minimum Gasteiger partial charge on any atom is -0.506 e. The van der Waals surface area contributed by atoms with Crippen molar-refractivity contribution in [1.29, 1.82) is 0 Å². The fraction of sp³-hybridized carbons (Fsp3) is 0.0435. The molecule has 0 atom stereocenters. The van der Waals surface area contributed by atoms with Crippen LogP contribution in [0, 0.1) is 0 Å². The van der Waals surface area contributed by atoms with E-state index in [0.29, 0.717) is 31.8 Å². The van der Waals surface area contributed by atoms with Gasteiger partial charge in [0, 0.05) is 14.5 Å². The molecule has 0 unspecified atom stereocenters. The van der Waals surface area contributed by atoms with Crippen molar-refractivity contribution in [3.05, 3.63) is 90.0 Å². The Hall–Kier alpha value is -2.47. The molecule has 0 bridgehead atoms. The van der Waals surface area contributed by atoms with Crippen LogP contribution in [0.1, 0.15) is 5.56 Å². The van der Waals surface area contributed by atoms with Gasteiger partial charge in [0.15, 0.2) is 5.16 Å². The monoisotopic (exact) mass is 664 g/mol. The highest BCUT2D eigenvalue weighted by atomic mass is 79.9. The first kappa shape index (κ1) is 24.6. The first-order chi connectivity index (χ1) is 16.3. The molecule has 0 saturated carbocycles. The Balaban J connectivity index is 1.56. The molecule has 2 N–H and O–H groups in total. The number of hydrogen-bond acceptors (Lipinski definition) is 6. The predicted molar refractivity (Wildman–Crippen MR) is 145 cm³/mol. The van der Waals surface area contributed by atoms with Crippen LogP contribution >= 0.6 is 59.6 Å². The number of halogens is 3. The van der Waals surface area contributed by atoms with E-state index < -0.39 is 0 Å². The van der Waals surface area contributed by atoms with Crippen LogP contribution in [-0.2, 0) is 4.79 Å². The molecule has 34 heavy (non-hydrogen) atoms. The number of nitrogens with zero attached hydrogens (tertiary/aromatic N) is 3. The van der Waals surface area contributed by atoms with E-state index in [1.54, 1.807) is 42.5 Å². The highest BCUT2D eigenvalue weighted by Crippen LogP contribution is 2.30. The maximum atomic E-state index is 13.2. The lowest BCUT2D eigenvalue weighted by Gasteiger charge is -2.13. The van der Waals surface area contributed by atoms with Crippen LogP contribution in [0.3, 0.4) is 0 Å². The van der Waals surface area contributed by atoms with Crippen molar-refractivity contribution in [3.63, 3.8) is 0 Å². The lowest BCUT2D eigenvalue weighted by atomic mass is 10.2. The summed E-state index contributed by atoms with van der Waals surface area (Å²) >= 11 is 11.1. The van der Waals surface area contributed by atoms with Gasteiger partial charge in [0.1, 0.15) is 5.75 Å². The van der Waals surface area contributed by atoms with Gasteiger partial charge in [0.2, 0.25) is 0 Å². The second-order valence-electron chi connectivity index (χ2n) is 6.94. The van der Waals surface area contributed by atoms with Crippen LogP contribution in [0.4, 0.5) is 0 Å². The van der Waals surface area contributed by atoms with E-state index in [-0.39, 0.29) is 23.0 Å². The summed E-state index contributed by atoms with van der Waals surface area (Å²) in [4.78, 5) is 30.3. The molecule has 1 aromatic heterocycles. The van der Waals surface area contributed by atoms with Gasteiger partial charge < -0.3 is 5.11 Å². The minimum atomic E-state index is -0.389. The van der Waals surface area contributed by atoms with Crippen molar-refractivity contribution < 1.29 is 9.90 Å². The standard InChI is InChI=1S/C23H15Br3N4O3S/c24-14-5-7-16(8-6-14)30-22(33)17-3-1-2-4-19(17)28-23(30)34-12-20(31)29-27-11-13-9-15(25)10-18(26)21(13)32/h1-11,32H,12H2,(H,29,31)/b27-11-. The smallest absolute Gasteiger partial charge is 0.266 e. The molecule has 0 radical (unpaired) electrons. The summed E-state index contributed by atoms with van der Waals surface area (Å²) in [6.07, 6.45) is 1.35. The lowest BCUT2D eigenvalue weighted by molar-refractivity contribution is -0.118. The molecular weight excluding hydrogens is 652 g/mol. The highest BCUT2D eigenvalue weighted by molar-refractivity contribution is 9.11. The van der Waals surface area contributed by atoms with Gasteiger partial charge in [-0.3, -0.25) is 14.2 Å². The van der Waals surface area contributed by atoms with E-state index in [1.165, 1.54) is 10.8 Å². The number of hydrogen-bond donors (Lipinski definition) is 2. The number of para-hydroxylation sites is 1. The molecule has 4 rings (SSSR count). The number of thioether (sulfide) groups is 1. The summed E-state index contributed by atoms with van der Waals surface area (Å²) in [5.74, 6) is -0.402. The van der Waals surface area contributed by atoms with Crippen LogP contribution < -0.4 is 11.0 Å². The summed E-state index contributed by atoms with van der Waals surface area (Å²) in [6.45, 7) is 0. The summed E-state index contributed by atoms with van der Waals surface area (Å²) in [5.41, 5.74) is 3.84. The predicted octanol–water partition coefficient (Wildman–Crippen LogP) is 5.62. The zero-order valence-electron chi connectivity index (χ0n) is 17.2. The van der Waals surface area contributed by atoms with Gasteiger partial charge in [-0.05, 0) is 64.5 Å². The number of aromatic hydroxyl groups is 1. The zero-order chi connectivity index (χ0) is 24.2. The third-order valence-electron chi connectivity index (χ3n) is 4.61. The topological polar surface area (TPSA) is 96.6 Å². The van der Waals surface area contributed by atoms with Crippen molar-refractivity contribution in [1.82, 2.24) is 15.0 Å². The first-order valence-corrected chi connectivity index (χ1v) is 13.1. The Morgan fingerprint density at radius 3 is 2.59 bits per heavy atom. The Kier molecular flexibility index (Phi) is 7.87. The number of nitrogens with one attached hydrogen (secondary N) is 1. The molecule has 0 fully saturated rings. The third kappa shape index (κ3) is 5.60. The number of fused-ring (bicyclic) bond motifs is 1. The number of benzene rings is 3. The number of carbonyl (C=O) groups is 1. The van der Waals surface area contributed by atoms with Gasteiger partial charge in [-0.25, -0.2) is 10.4 Å². The summed E-state index contributed by atoms with van der Waals surface area (Å²) in [5, 5.41) is 14.9. The number of phenolic OH excluding ortho intramolecular Hbond substituents is 1. The van der Waals surface area contributed by atoms with E-state index in [4.69, 9.17) is 0 Å². The van der Waals surface area contributed by atoms with E-state index in [9.17, 15) is 14.7 Å². The fourth-order valence-corrected chi connectivity index (χ4v) is 5.38. The Bertz CT molecular complexity index is 1470. The van der Waals surface area contributed by atoms with E-state index in [0.717, 1.165) is 20.7 Å². The van der Waals surface area contributed by atoms with Crippen molar-refractivity contribution in [2.45, 2.75) is 5.16 Å². The summed E-state index contributed by atoms with van der Waals surface area (Å²) in [6, 6.07) is 17.7. The second-order valence-corrected chi connectivity index (χ2v) is 10.6. The SMILES string of the molecule is O=C(CSc1nc2ccccc2c(=O)n1-c1ccc(Br)cc1)N/N=C\c1cc(Br)cc(Br)c1O. The van der Waals surface area contributed by atoms with Crippen LogP contribution in [0.15, 0.2) is 89.1 Å². The van der Waals surface area contributed by atoms with Gasteiger partial charge in [-0.2, -0.15) is 5.10 Å². The molecule has 0 aliphatic heterocycles. The molecule has 0 spiro atoms. The van der Waals surface area contributed by atoms with Crippen molar-refractivity contribution in [3.8, 4) is 11.4 Å². The molecule has 0 aliphatic rings. The number of phenols is 1. The molecule has 0 aliphatic carbocycles. The molecule has 11 heteroatoms. The van der Waals surface area contributed by atoms with Crippen LogP contribution in [0.5, 0.6) is 5.75 Å². The number of aromatic nitrogens is 2. The number of rotatable bonds is 6. The maximum absolute atomic E-state index is 13.2. The molecular formula is C23H15Br3N4O3S. The van der Waals surface area contributed by atoms with Crippen LogP contribution in [0.25, 0.3) is 16.6 Å². The number of carbonyl (C=O) groups excluding carboxylic acids is 1. The maximum Gasteiger partial charge on any atom is 0.266 e.